The third-order valence-electron chi connectivity index (χ3n) is 5.31. The van der Waals surface area contributed by atoms with Gasteiger partial charge in [-0.15, -0.1) is 11.6 Å². The van der Waals surface area contributed by atoms with Gasteiger partial charge < -0.3 is 4.74 Å². The second-order valence-electron chi connectivity index (χ2n) is 6.46. The van der Waals surface area contributed by atoms with Gasteiger partial charge in [-0.05, 0) is 37.0 Å². The highest BCUT2D eigenvalue weighted by Gasteiger charge is 2.55. The molecular weight excluding hydrogens is 268 g/mol. The van der Waals surface area contributed by atoms with Crippen molar-refractivity contribution in [1.82, 2.24) is 0 Å². The number of aryl methyl sites for hydroxylation is 1. The smallest absolute Gasteiger partial charge is 0.120 e. The van der Waals surface area contributed by atoms with Crippen molar-refractivity contribution in [3.63, 3.8) is 0 Å². The molecule has 1 nitrogen and oxygen atoms in total. The summed E-state index contributed by atoms with van der Waals surface area (Å²) in [7, 11) is 0. The maximum atomic E-state index is 6.60. The van der Waals surface area contributed by atoms with E-state index in [1.807, 2.05) is 0 Å². The van der Waals surface area contributed by atoms with Gasteiger partial charge in [0.15, 0.2) is 0 Å². The molecule has 2 heteroatoms. The Labute approximate surface area is 127 Å². The lowest BCUT2D eigenvalue weighted by Crippen LogP contribution is -2.57. The summed E-state index contributed by atoms with van der Waals surface area (Å²) in [5.41, 5.74) is 1.60. The van der Waals surface area contributed by atoms with Crippen molar-refractivity contribution in [1.29, 1.82) is 0 Å². The number of alkyl halides is 1. The second kappa shape index (κ2) is 5.97. The zero-order chi connectivity index (χ0) is 14.0. The minimum absolute atomic E-state index is 0.250. The van der Waals surface area contributed by atoms with Crippen LogP contribution in [0.3, 0.4) is 0 Å². The van der Waals surface area contributed by atoms with Gasteiger partial charge in [-0.2, -0.15) is 0 Å². The van der Waals surface area contributed by atoms with Crippen LogP contribution in [-0.4, -0.2) is 11.5 Å². The standard InChI is InChI=1S/C18H25ClO/c1-2-14-8-7-9-15(12-14)20-17-13-16(19)18(17)10-5-3-4-6-11-18/h7-9,12,16-17H,2-6,10-11,13H2,1H3. The zero-order valence-electron chi connectivity index (χ0n) is 12.4. The normalized spacial score (nSPS) is 28.7. The third-order valence-corrected chi connectivity index (χ3v) is 5.92. The Hall–Kier alpha value is -0.690. The fourth-order valence-corrected chi connectivity index (χ4v) is 4.41. The van der Waals surface area contributed by atoms with Crippen molar-refractivity contribution in [2.75, 3.05) is 0 Å². The molecular formula is C18H25ClO. The summed E-state index contributed by atoms with van der Waals surface area (Å²) >= 11 is 6.60. The van der Waals surface area contributed by atoms with Crippen LogP contribution in [0.5, 0.6) is 5.75 Å². The van der Waals surface area contributed by atoms with Gasteiger partial charge in [-0.1, -0.05) is 44.7 Å². The number of benzene rings is 1. The number of hydrogen-bond acceptors (Lipinski definition) is 1. The monoisotopic (exact) mass is 292 g/mol. The highest BCUT2D eigenvalue weighted by atomic mass is 35.5. The minimum Gasteiger partial charge on any atom is -0.490 e. The molecule has 2 unspecified atom stereocenters. The van der Waals surface area contributed by atoms with Crippen LogP contribution in [0.2, 0.25) is 0 Å². The largest absolute Gasteiger partial charge is 0.490 e. The fourth-order valence-electron chi connectivity index (χ4n) is 3.89. The summed E-state index contributed by atoms with van der Waals surface area (Å²) in [5, 5.41) is 0.319. The molecule has 1 aromatic rings. The van der Waals surface area contributed by atoms with Crippen LogP contribution in [0.25, 0.3) is 0 Å². The van der Waals surface area contributed by atoms with Crippen molar-refractivity contribution in [2.45, 2.75) is 69.8 Å². The highest BCUT2D eigenvalue weighted by molar-refractivity contribution is 6.21. The maximum absolute atomic E-state index is 6.60. The summed E-state index contributed by atoms with van der Waals surface area (Å²) in [5.74, 6) is 1.03. The number of halogens is 1. The van der Waals surface area contributed by atoms with Crippen LogP contribution in [0.1, 0.15) is 57.4 Å². The van der Waals surface area contributed by atoms with Gasteiger partial charge in [0.05, 0.1) is 0 Å². The first kappa shape index (κ1) is 14.3. The van der Waals surface area contributed by atoms with Gasteiger partial charge in [0.25, 0.3) is 0 Å². The first-order valence-corrected chi connectivity index (χ1v) is 8.58. The molecule has 0 N–H and O–H groups in total. The first-order valence-electron chi connectivity index (χ1n) is 8.14. The fraction of sp³-hybridized carbons (Fsp3) is 0.667. The van der Waals surface area contributed by atoms with E-state index in [1.54, 1.807) is 0 Å². The van der Waals surface area contributed by atoms with Crippen LogP contribution in [0, 0.1) is 5.41 Å². The van der Waals surface area contributed by atoms with Crippen molar-refractivity contribution in [3.05, 3.63) is 29.8 Å². The third kappa shape index (κ3) is 2.57. The minimum atomic E-state index is 0.250. The number of hydrogen-bond donors (Lipinski definition) is 0. The van der Waals surface area contributed by atoms with E-state index in [4.69, 9.17) is 16.3 Å². The van der Waals surface area contributed by atoms with E-state index >= 15 is 0 Å². The van der Waals surface area contributed by atoms with Crippen LogP contribution < -0.4 is 4.74 Å². The van der Waals surface area contributed by atoms with Crippen LogP contribution in [0.15, 0.2) is 24.3 Å². The molecule has 110 valence electrons. The van der Waals surface area contributed by atoms with Gasteiger partial charge in [-0.25, -0.2) is 0 Å². The molecule has 2 aliphatic rings. The van der Waals surface area contributed by atoms with E-state index in [9.17, 15) is 0 Å². The molecule has 0 saturated heterocycles. The molecule has 0 aromatic heterocycles. The van der Waals surface area contributed by atoms with Gasteiger partial charge in [0, 0.05) is 17.2 Å². The molecule has 0 amide bonds. The first-order chi connectivity index (χ1) is 9.74. The quantitative estimate of drug-likeness (QED) is 0.683. The van der Waals surface area contributed by atoms with Gasteiger partial charge in [0.1, 0.15) is 11.9 Å². The second-order valence-corrected chi connectivity index (χ2v) is 6.98. The van der Waals surface area contributed by atoms with Crippen LogP contribution in [-0.2, 0) is 6.42 Å². The van der Waals surface area contributed by atoms with Gasteiger partial charge in [0.2, 0.25) is 0 Å². The predicted molar refractivity (Wildman–Crippen MR) is 84.6 cm³/mol. The van der Waals surface area contributed by atoms with E-state index in [0.717, 1.165) is 18.6 Å². The molecule has 0 radical (unpaired) electrons. The molecule has 3 rings (SSSR count). The summed E-state index contributed by atoms with van der Waals surface area (Å²) < 4.78 is 6.33. The molecule has 1 aromatic carbocycles. The Morgan fingerprint density at radius 3 is 2.60 bits per heavy atom. The van der Waals surface area contributed by atoms with Crippen LogP contribution in [0.4, 0.5) is 0 Å². The lowest BCUT2D eigenvalue weighted by Gasteiger charge is -2.53. The van der Waals surface area contributed by atoms with E-state index in [2.05, 4.69) is 31.2 Å². The molecule has 2 atom stereocenters. The van der Waals surface area contributed by atoms with Crippen molar-refractivity contribution < 1.29 is 4.74 Å². The lowest BCUT2D eigenvalue weighted by molar-refractivity contribution is -0.0512. The number of ether oxygens (including phenoxy) is 1. The highest BCUT2D eigenvalue weighted by Crippen LogP contribution is 2.55. The summed E-state index contributed by atoms with van der Waals surface area (Å²) in [4.78, 5) is 0. The maximum Gasteiger partial charge on any atom is 0.120 e. The Morgan fingerprint density at radius 2 is 1.95 bits per heavy atom. The van der Waals surface area contributed by atoms with Gasteiger partial charge in [-0.3, -0.25) is 0 Å². The van der Waals surface area contributed by atoms with Gasteiger partial charge >= 0.3 is 0 Å². The summed E-state index contributed by atoms with van der Waals surface area (Å²) in [6, 6.07) is 8.54. The van der Waals surface area contributed by atoms with E-state index in [0.29, 0.717) is 11.5 Å². The number of rotatable bonds is 3. The molecule has 0 bridgehead atoms. The van der Waals surface area contributed by atoms with Crippen molar-refractivity contribution in [3.8, 4) is 5.75 Å². The Morgan fingerprint density at radius 1 is 1.20 bits per heavy atom. The van der Waals surface area contributed by atoms with Crippen LogP contribution >= 0.6 is 11.6 Å². The lowest BCUT2D eigenvalue weighted by atomic mass is 9.61. The average molecular weight is 293 g/mol. The molecule has 2 saturated carbocycles. The average Bonchev–Trinajstić information content (AvgIpc) is 2.75. The predicted octanol–water partition coefficient (Wildman–Crippen LogP) is 5.35. The molecule has 0 heterocycles. The zero-order valence-corrected chi connectivity index (χ0v) is 13.2. The van der Waals surface area contributed by atoms with E-state index in [-0.39, 0.29) is 5.41 Å². The van der Waals surface area contributed by atoms with Crippen molar-refractivity contribution in [2.24, 2.45) is 5.41 Å². The Bertz CT molecular complexity index is 448. The Kier molecular flexibility index (Phi) is 4.26. The molecule has 2 fully saturated rings. The van der Waals surface area contributed by atoms with E-state index in [1.165, 1.54) is 44.1 Å². The molecule has 1 spiro atoms. The van der Waals surface area contributed by atoms with E-state index < -0.39 is 0 Å². The molecule has 20 heavy (non-hydrogen) atoms. The summed E-state index contributed by atoms with van der Waals surface area (Å²) in [6.45, 7) is 2.18. The summed E-state index contributed by atoms with van der Waals surface area (Å²) in [6.07, 6.45) is 10.3. The molecule has 2 aliphatic carbocycles. The SMILES string of the molecule is CCc1cccc(OC2CC(Cl)C23CCCCCC3)c1. The molecule has 0 aliphatic heterocycles. The topological polar surface area (TPSA) is 9.23 Å². The van der Waals surface area contributed by atoms with Crippen molar-refractivity contribution >= 4 is 11.6 Å². The Balaban J connectivity index is 1.73.